The van der Waals surface area contributed by atoms with Gasteiger partial charge in [0.25, 0.3) is 0 Å². The summed E-state index contributed by atoms with van der Waals surface area (Å²) >= 11 is 1.77. The first-order valence-corrected chi connectivity index (χ1v) is 12.1. The molecule has 8 heteroatoms. The van der Waals surface area contributed by atoms with Crippen LogP contribution in [-0.2, 0) is 6.54 Å². The Bertz CT molecular complexity index is 1630. The number of fused-ring (bicyclic) bond motifs is 2. The molecule has 6 heterocycles. The van der Waals surface area contributed by atoms with Crippen LogP contribution in [0, 0.1) is 6.92 Å². The molecule has 0 aromatic carbocycles. The zero-order valence-corrected chi connectivity index (χ0v) is 19.7. The van der Waals surface area contributed by atoms with Gasteiger partial charge in [0.2, 0.25) is 0 Å². The van der Waals surface area contributed by atoms with Crippen LogP contribution < -0.4 is 5.32 Å². The highest BCUT2D eigenvalue weighted by Crippen LogP contribution is 2.36. The maximum atomic E-state index is 4.97. The van der Waals surface area contributed by atoms with Crippen LogP contribution in [0.5, 0.6) is 0 Å². The molecule has 6 aromatic rings. The fraction of sp³-hybridized carbons (Fsp3) is 0.154. The van der Waals surface area contributed by atoms with Gasteiger partial charge in [0.15, 0.2) is 0 Å². The summed E-state index contributed by atoms with van der Waals surface area (Å²) < 4.78 is 0. The number of H-pyrrole nitrogens is 2. The molecule has 0 bridgehead atoms. The molecule has 0 aliphatic rings. The highest BCUT2D eigenvalue weighted by atomic mass is 32.1. The second-order valence-electron chi connectivity index (χ2n) is 8.27. The van der Waals surface area contributed by atoms with Crippen molar-refractivity contribution in [3.8, 4) is 33.1 Å². The van der Waals surface area contributed by atoms with E-state index in [2.05, 4.69) is 68.6 Å². The topological polar surface area (TPSA) is 95.2 Å². The van der Waals surface area contributed by atoms with Gasteiger partial charge in [0.1, 0.15) is 11.2 Å². The number of hydrogen-bond acceptors (Lipinski definition) is 6. The van der Waals surface area contributed by atoms with Gasteiger partial charge in [-0.05, 0) is 55.4 Å². The van der Waals surface area contributed by atoms with Crippen molar-refractivity contribution >= 4 is 33.3 Å². The van der Waals surface area contributed by atoms with Gasteiger partial charge in [-0.25, -0.2) is 4.98 Å². The van der Waals surface area contributed by atoms with E-state index >= 15 is 0 Å². The predicted octanol–water partition coefficient (Wildman–Crippen LogP) is 5.71. The quantitative estimate of drug-likeness (QED) is 0.293. The number of thiophene rings is 1. The van der Waals surface area contributed by atoms with Crippen LogP contribution in [0.1, 0.15) is 17.4 Å². The van der Waals surface area contributed by atoms with Gasteiger partial charge < -0.3 is 10.3 Å². The van der Waals surface area contributed by atoms with Gasteiger partial charge in [-0.3, -0.25) is 15.1 Å². The van der Waals surface area contributed by atoms with Gasteiger partial charge in [0, 0.05) is 51.4 Å². The summed E-state index contributed by atoms with van der Waals surface area (Å²) in [7, 11) is 0. The van der Waals surface area contributed by atoms with E-state index in [9.17, 15) is 0 Å². The fourth-order valence-electron chi connectivity index (χ4n) is 4.20. The van der Waals surface area contributed by atoms with Gasteiger partial charge in [0.05, 0.1) is 28.6 Å². The number of nitrogens with zero attached hydrogens (tertiary/aromatic N) is 4. The van der Waals surface area contributed by atoms with Crippen molar-refractivity contribution in [2.75, 3.05) is 6.54 Å². The van der Waals surface area contributed by atoms with E-state index in [1.807, 2.05) is 36.9 Å². The second kappa shape index (κ2) is 8.48. The molecule has 34 heavy (non-hydrogen) atoms. The molecule has 0 fully saturated rings. The molecule has 6 rings (SSSR count). The number of hydrogen-bond donors (Lipinski definition) is 3. The highest BCUT2D eigenvalue weighted by Gasteiger charge is 2.16. The Hall–Kier alpha value is -3.88. The molecule has 168 valence electrons. The monoisotopic (exact) mass is 465 g/mol. The van der Waals surface area contributed by atoms with Gasteiger partial charge in [-0.15, -0.1) is 11.3 Å². The van der Waals surface area contributed by atoms with Crippen molar-refractivity contribution in [3.05, 3.63) is 71.6 Å². The van der Waals surface area contributed by atoms with Crippen LogP contribution in [0.3, 0.4) is 0 Å². The predicted molar refractivity (Wildman–Crippen MR) is 138 cm³/mol. The normalized spacial score (nSPS) is 11.6. The molecule has 0 unspecified atom stereocenters. The summed E-state index contributed by atoms with van der Waals surface area (Å²) in [5, 5.41) is 12.2. The maximum absolute atomic E-state index is 4.97. The Labute approximate surface area is 200 Å². The molecule has 0 amide bonds. The third-order valence-electron chi connectivity index (χ3n) is 5.88. The summed E-state index contributed by atoms with van der Waals surface area (Å²) in [5.74, 6) is 0. The van der Waals surface area contributed by atoms with Crippen LogP contribution in [-0.4, -0.2) is 36.7 Å². The summed E-state index contributed by atoms with van der Waals surface area (Å²) in [5.41, 5.74) is 8.50. The third kappa shape index (κ3) is 3.67. The molecule has 0 aliphatic carbocycles. The first-order valence-electron chi connectivity index (χ1n) is 11.2. The molecule has 0 radical (unpaired) electrons. The molecule has 3 N–H and O–H groups in total. The Kier molecular flexibility index (Phi) is 5.16. The largest absolute Gasteiger partial charge is 0.352 e. The Morgan fingerprint density at radius 2 is 1.88 bits per heavy atom. The summed E-state index contributed by atoms with van der Waals surface area (Å²) in [6, 6.07) is 12.6. The number of pyridine rings is 3. The first kappa shape index (κ1) is 20.7. The number of aryl methyl sites for hydroxylation is 1. The van der Waals surface area contributed by atoms with Gasteiger partial charge in [-0.2, -0.15) is 5.10 Å². The van der Waals surface area contributed by atoms with E-state index in [1.54, 1.807) is 11.3 Å². The van der Waals surface area contributed by atoms with Crippen molar-refractivity contribution in [1.82, 2.24) is 35.5 Å². The standard InChI is InChI=1S/C26H23N7S/c1-3-27-10-16-8-17(12-28-11-16)20-5-6-21-25(31-20)26(33-32-21)22-9-18-19(13-29-14-23(18)30-22)24-7-4-15(2)34-24/h4-9,11-14,27,30H,3,10H2,1-2H3,(H,32,33). The highest BCUT2D eigenvalue weighted by molar-refractivity contribution is 7.15. The zero-order chi connectivity index (χ0) is 23.1. The van der Waals surface area contributed by atoms with E-state index in [-0.39, 0.29) is 0 Å². The van der Waals surface area contributed by atoms with Crippen molar-refractivity contribution < 1.29 is 0 Å². The van der Waals surface area contributed by atoms with E-state index < -0.39 is 0 Å². The lowest BCUT2D eigenvalue weighted by Gasteiger charge is -2.05. The SMILES string of the molecule is CCNCc1cncc(-c2ccc3[nH]nc(-c4cc5c(-c6ccc(C)s6)cncc5[nH]4)c3n2)c1. The molecule has 0 aliphatic heterocycles. The second-order valence-corrected chi connectivity index (χ2v) is 9.56. The third-order valence-corrected chi connectivity index (χ3v) is 6.92. The Balaban J connectivity index is 1.44. The van der Waals surface area contributed by atoms with Crippen LogP contribution in [0.15, 0.2) is 61.2 Å². The number of aromatic nitrogens is 6. The molecular weight excluding hydrogens is 442 g/mol. The summed E-state index contributed by atoms with van der Waals surface area (Å²) in [6.45, 7) is 5.92. The van der Waals surface area contributed by atoms with Crippen molar-refractivity contribution in [1.29, 1.82) is 0 Å². The number of aromatic amines is 2. The maximum Gasteiger partial charge on any atom is 0.135 e. The molecule has 7 nitrogen and oxygen atoms in total. The molecule has 6 aromatic heterocycles. The molecule has 0 spiro atoms. The lowest BCUT2D eigenvalue weighted by molar-refractivity contribution is 0.724. The van der Waals surface area contributed by atoms with Crippen molar-refractivity contribution in [3.63, 3.8) is 0 Å². The minimum atomic E-state index is 0.783. The minimum Gasteiger partial charge on any atom is -0.352 e. The average molecular weight is 466 g/mol. The van der Waals surface area contributed by atoms with Crippen molar-refractivity contribution in [2.24, 2.45) is 0 Å². The van der Waals surface area contributed by atoms with Crippen LogP contribution in [0.4, 0.5) is 0 Å². The zero-order valence-electron chi connectivity index (χ0n) is 18.9. The smallest absolute Gasteiger partial charge is 0.135 e. The first-order chi connectivity index (χ1) is 16.7. The van der Waals surface area contributed by atoms with Crippen LogP contribution >= 0.6 is 11.3 Å². The van der Waals surface area contributed by atoms with Gasteiger partial charge in [-0.1, -0.05) is 6.92 Å². The number of rotatable bonds is 6. The number of nitrogens with one attached hydrogen (secondary N) is 3. The molecular formula is C26H23N7S. The molecule has 0 saturated carbocycles. The fourth-order valence-corrected chi connectivity index (χ4v) is 5.09. The minimum absolute atomic E-state index is 0.783. The molecule has 0 saturated heterocycles. The Morgan fingerprint density at radius 1 is 0.971 bits per heavy atom. The summed E-state index contributed by atoms with van der Waals surface area (Å²) in [6.07, 6.45) is 7.53. The van der Waals surface area contributed by atoms with E-state index in [0.29, 0.717) is 0 Å². The van der Waals surface area contributed by atoms with E-state index in [1.165, 1.54) is 9.75 Å². The lowest BCUT2D eigenvalue weighted by Crippen LogP contribution is -2.11. The van der Waals surface area contributed by atoms with E-state index in [0.717, 1.165) is 68.8 Å². The average Bonchev–Trinajstić information content (AvgIpc) is 3.59. The van der Waals surface area contributed by atoms with Crippen LogP contribution in [0.2, 0.25) is 0 Å². The van der Waals surface area contributed by atoms with Crippen molar-refractivity contribution in [2.45, 2.75) is 20.4 Å². The molecule has 0 atom stereocenters. The van der Waals surface area contributed by atoms with E-state index in [4.69, 9.17) is 4.98 Å². The Morgan fingerprint density at radius 3 is 2.74 bits per heavy atom. The lowest BCUT2D eigenvalue weighted by atomic mass is 10.1. The summed E-state index contributed by atoms with van der Waals surface area (Å²) in [4.78, 5) is 19.8. The van der Waals surface area contributed by atoms with Gasteiger partial charge >= 0.3 is 0 Å². The van der Waals surface area contributed by atoms with Crippen LogP contribution in [0.25, 0.3) is 55.0 Å².